The Kier molecular flexibility index (Phi) is 2.48. The molecule has 0 aromatic carbocycles. The van der Waals surface area contributed by atoms with E-state index in [1.165, 1.54) is 19.3 Å². The molecule has 4 aliphatic rings. The summed E-state index contributed by atoms with van der Waals surface area (Å²) in [6.45, 7) is 0. The summed E-state index contributed by atoms with van der Waals surface area (Å²) in [6, 6.07) is 0. The molecule has 2 nitrogen and oxygen atoms in total. The molecule has 3 heteroatoms. The molecule has 0 atom stereocenters. The molecule has 4 saturated carbocycles. The third-order valence-electron chi connectivity index (χ3n) is 4.49. The van der Waals surface area contributed by atoms with Crippen LogP contribution in [0.4, 0.5) is 0 Å². The van der Waals surface area contributed by atoms with E-state index in [9.17, 15) is 9.90 Å². The van der Waals surface area contributed by atoms with Crippen LogP contribution in [0.3, 0.4) is 0 Å². The van der Waals surface area contributed by atoms with E-state index in [1.54, 1.807) is 0 Å². The molecule has 1 radical (unpaired) electrons. The largest absolute Gasteiger partial charge is 0.481 e. The first-order chi connectivity index (χ1) is 6.18. The van der Waals surface area contributed by atoms with Crippen molar-refractivity contribution < 1.29 is 9.90 Å². The van der Waals surface area contributed by atoms with Crippen LogP contribution in [0.2, 0.25) is 0 Å². The number of carboxylic acid groups (broad SMARTS) is 1. The van der Waals surface area contributed by atoms with Gasteiger partial charge in [0.25, 0.3) is 0 Å². The second-order valence-corrected chi connectivity index (χ2v) is 5.50. The molecule has 0 aromatic rings. The first-order valence-corrected chi connectivity index (χ1v) is 5.41. The molecule has 0 saturated heterocycles. The van der Waals surface area contributed by atoms with Gasteiger partial charge in [-0.1, -0.05) is 0 Å². The van der Waals surface area contributed by atoms with Gasteiger partial charge in [-0.2, -0.15) is 0 Å². The molecule has 4 rings (SSSR count). The summed E-state index contributed by atoms with van der Waals surface area (Å²) in [6.07, 6.45) is 6.92. The van der Waals surface area contributed by atoms with Crippen LogP contribution in [-0.2, 0) is 4.79 Å². The van der Waals surface area contributed by atoms with Crippen molar-refractivity contribution in [2.24, 2.45) is 23.2 Å². The fourth-order valence-corrected chi connectivity index (χ4v) is 4.37. The Morgan fingerprint density at radius 2 is 1.36 bits per heavy atom. The van der Waals surface area contributed by atoms with E-state index in [1.807, 2.05) is 0 Å². The summed E-state index contributed by atoms with van der Waals surface area (Å²) in [5.41, 5.74) is -0.283. The van der Waals surface area contributed by atoms with Crippen molar-refractivity contribution in [1.29, 1.82) is 0 Å². The number of hydrogen-bond acceptors (Lipinski definition) is 1. The summed E-state index contributed by atoms with van der Waals surface area (Å²) in [4.78, 5) is 11.3. The van der Waals surface area contributed by atoms with E-state index in [4.69, 9.17) is 0 Å². The van der Waals surface area contributed by atoms with Crippen LogP contribution in [0.15, 0.2) is 0 Å². The van der Waals surface area contributed by atoms with Gasteiger partial charge in [0.1, 0.15) is 0 Å². The minimum absolute atomic E-state index is 0. The Hall–Kier alpha value is 0.0674. The molecule has 4 bridgehead atoms. The molecule has 0 heterocycles. The molecule has 14 heavy (non-hydrogen) atoms. The van der Waals surface area contributed by atoms with E-state index in [0.29, 0.717) is 0 Å². The maximum absolute atomic E-state index is 11.3. The van der Waals surface area contributed by atoms with Gasteiger partial charge in [-0.15, -0.1) is 0 Å². The number of hydrogen-bond donors (Lipinski definition) is 1. The average Bonchev–Trinajstić information content (AvgIpc) is 2.00. The van der Waals surface area contributed by atoms with Crippen molar-refractivity contribution in [2.75, 3.05) is 0 Å². The van der Waals surface area contributed by atoms with Crippen LogP contribution < -0.4 is 0 Å². The van der Waals surface area contributed by atoms with Gasteiger partial charge in [-0.25, -0.2) is 0 Å². The summed E-state index contributed by atoms with van der Waals surface area (Å²) in [5.74, 6) is 1.75. The van der Waals surface area contributed by atoms with E-state index in [2.05, 4.69) is 0 Å². The van der Waals surface area contributed by atoms with Gasteiger partial charge in [0.05, 0.1) is 5.41 Å². The predicted molar refractivity (Wildman–Crippen MR) is 54.0 cm³/mol. The molecule has 0 aromatic heterocycles. The fraction of sp³-hybridized carbons (Fsp3) is 0.909. The van der Waals surface area contributed by atoms with E-state index >= 15 is 0 Å². The van der Waals surface area contributed by atoms with E-state index < -0.39 is 5.97 Å². The first-order valence-electron chi connectivity index (χ1n) is 5.41. The van der Waals surface area contributed by atoms with Crippen molar-refractivity contribution in [1.82, 2.24) is 0 Å². The number of carbonyl (C=O) groups is 1. The van der Waals surface area contributed by atoms with E-state index in [-0.39, 0.29) is 24.3 Å². The fourth-order valence-electron chi connectivity index (χ4n) is 4.37. The quantitative estimate of drug-likeness (QED) is 0.636. The monoisotopic (exact) mass is 187 g/mol. The smallest absolute Gasteiger partial charge is 0.309 e. The molecular weight excluding hydrogens is 171 g/mol. The Morgan fingerprint density at radius 1 is 1.00 bits per heavy atom. The van der Waals surface area contributed by atoms with Gasteiger partial charge >= 0.3 is 5.97 Å². The molecule has 1 N–H and O–H groups in total. The van der Waals surface area contributed by atoms with Crippen LogP contribution >= 0.6 is 0 Å². The van der Waals surface area contributed by atoms with Gasteiger partial charge in [-0.05, 0) is 56.3 Å². The van der Waals surface area contributed by atoms with Crippen molar-refractivity contribution >= 4 is 24.8 Å². The third kappa shape index (κ3) is 1.35. The third-order valence-corrected chi connectivity index (χ3v) is 4.49. The standard InChI is InChI=1S/C11H16O2.Li/c12-10(13)11-4-7-1-8(5-11)3-9(2-7)6-11;/h7-9H,1-6H2,(H,12,13);. The second-order valence-electron chi connectivity index (χ2n) is 5.50. The minimum Gasteiger partial charge on any atom is -0.481 e. The van der Waals surface area contributed by atoms with Gasteiger partial charge < -0.3 is 5.11 Å². The van der Waals surface area contributed by atoms with Crippen LogP contribution in [0.1, 0.15) is 38.5 Å². The first kappa shape index (κ1) is 10.6. The molecular formula is C11H16LiO2. The zero-order valence-electron chi connectivity index (χ0n) is 8.83. The summed E-state index contributed by atoms with van der Waals surface area (Å²) in [5, 5.41) is 9.28. The minimum atomic E-state index is -0.508. The van der Waals surface area contributed by atoms with Gasteiger partial charge in [0.15, 0.2) is 0 Å². The Morgan fingerprint density at radius 3 is 1.64 bits per heavy atom. The van der Waals surface area contributed by atoms with Gasteiger partial charge in [-0.3, -0.25) is 4.79 Å². The van der Waals surface area contributed by atoms with Crippen LogP contribution in [-0.4, -0.2) is 29.9 Å². The van der Waals surface area contributed by atoms with Crippen molar-refractivity contribution in [3.63, 3.8) is 0 Å². The molecule has 0 aliphatic heterocycles. The zero-order chi connectivity index (χ0) is 9.05. The van der Waals surface area contributed by atoms with Crippen LogP contribution in [0, 0.1) is 23.2 Å². The summed E-state index contributed by atoms with van der Waals surface area (Å²) < 4.78 is 0. The zero-order valence-corrected chi connectivity index (χ0v) is 8.83. The van der Waals surface area contributed by atoms with Crippen LogP contribution in [0.5, 0.6) is 0 Å². The maximum Gasteiger partial charge on any atom is 0.309 e. The normalized spacial score (nSPS) is 48.7. The Bertz CT molecular complexity index is 227. The Balaban J connectivity index is 0.000000750. The Labute approximate surface area is 96.6 Å². The molecule has 73 valence electrons. The molecule has 0 spiro atoms. The van der Waals surface area contributed by atoms with Gasteiger partial charge in [0, 0.05) is 18.9 Å². The molecule has 4 aliphatic carbocycles. The maximum atomic E-state index is 11.3. The van der Waals surface area contributed by atoms with Crippen LogP contribution in [0.25, 0.3) is 0 Å². The topological polar surface area (TPSA) is 37.3 Å². The van der Waals surface area contributed by atoms with Crippen molar-refractivity contribution in [3.05, 3.63) is 0 Å². The van der Waals surface area contributed by atoms with Gasteiger partial charge in [0.2, 0.25) is 0 Å². The van der Waals surface area contributed by atoms with Crippen molar-refractivity contribution in [2.45, 2.75) is 38.5 Å². The molecule has 4 fully saturated rings. The average molecular weight is 187 g/mol. The second kappa shape index (κ2) is 3.29. The van der Waals surface area contributed by atoms with Crippen molar-refractivity contribution in [3.8, 4) is 0 Å². The predicted octanol–water partition coefficient (Wildman–Crippen LogP) is 1.91. The number of carboxylic acids is 1. The number of rotatable bonds is 1. The summed E-state index contributed by atoms with van der Waals surface area (Å²) in [7, 11) is 0. The molecule has 0 amide bonds. The van der Waals surface area contributed by atoms with E-state index in [0.717, 1.165) is 37.0 Å². The molecule has 0 unspecified atom stereocenters. The SMILES string of the molecule is O=C(O)C12CC3CC(CC(C3)C1)C2.[Li]. The summed E-state index contributed by atoms with van der Waals surface area (Å²) >= 11 is 0. The number of aliphatic carboxylic acids is 1.